The van der Waals surface area contributed by atoms with Gasteiger partial charge in [0, 0.05) is 25.1 Å². The molecule has 1 saturated carbocycles. The highest BCUT2D eigenvalue weighted by Gasteiger charge is 2.51. The SMILES string of the molecule is CN(Cc1cccc(C#CCN)c1)C(=O)C1CC1(C)C. The quantitative estimate of drug-likeness (QED) is 0.854. The largest absolute Gasteiger partial charge is 0.341 e. The molecular weight excluding hydrogens is 248 g/mol. The molecule has 1 aromatic carbocycles. The number of hydrogen-bond donors (Lipinski definition) is 1. The van der Waals surface area contributed by atoms with Crippen molar-refractivity contribution in [3.63, 3.8) is 0 Å². The lowest BCUT2D eigenvalue weighted by atomic mass is 10.1. The second-order valence-electron chi connectivity index (χ2n) is 6.15. The minimum atomic E-state index is 0.180. The molecule has 1 aromatic rings. The van der Waals surface area contributed by atoms with Crippen molar-refractivity contribution in [2.75, 3.05) is 13.6 Å². The number of hydrogen-bond acceptors (Lipinski definition) is 2. The van der Waals surface area contributed by atoms with Crippen molar-refractivity contribution in [3.8, 4) is 11.8 Å². The Bertz CT molecular complexity index is 566. The van der Waals surface area contributed by atoms with Crippen molar-refractivity contribution < 1.29 is 4.79 Å². The van der Waals surface area contributed by atoms with Crippen LogP contribution in [0.1, 0.15) is 31.4 Å². The number of nitrogens with two attached hydrogens (primary N) is 1. The minimum absolute atomic E-state index is 0.180. The lowest BCUT2D eigenvalue weighted by Gasteiger charge is -2.18. The van der Waals surface area contributed by atoms with Crippen molar-refractivity contribution in [1.82, 2.24) is 4.90 Å². The summed E-state index contributed by atoms with van der Waals surface area (Å²) in [6.45, 7) is 5.28. The molecule has 1 aliphatic rings. The molecule has 1 atom stereocenters. The Kier molecular flexibility index (Phi) is 4.15. The van der Waals surface area contributed by atoms with Gasteiger partial charge < -0.3 is 10.6 Å². The van der Waals surface area contributed by atoms with Gasteiger partial charge >= 0.3 is 0 Å². The average molecular weight is 270 g/mol. The van der Waals surface area contributed by atoms with Gasteiger partial charge in [-0.2, -0.15) is 0 Å². The van der Waals surface area contributed by atoms with Crippen molar-refractivity contribution in [1.29, 1.82) is 0 Å². The Morgan fingerprint density at radius 3 is 2.80 bits per heavy atom. The molecule has 0 saturated heterocycles. The van der Waals surface area contributed by atoms with Gasteiger partial charge in [-0.05, 0) is 29.5 Å². The molecule has 0 spiro atoms. The topological polar surface area (TPSA) is 46.3 Å². The van der Waals surface area contributed by atoms with Crippen LogP contribution < -0.4 is 5.73 Å². The molecule has 2 rings (SSSR count). The zero-order chi connectivity index (χ0) is 14.8. The molecule has 0 aliphatic heterocycles. The van der Waals surface area contributed by atoms with Crippen LogP contribution in [0.2, 0.25) is 0 Å². The molecule has 1 aliphatic carbocycles. The highest BCUT2D eigenvalue weighted by atomic mass is 16.2. The van der Waals surface area contributed by atoms with Crippen LogP contribution in [-0.2, 0) is 11.3 Å². The molecule has 1 unspecified atom stereocenters. The van der Waals surface area contributed by atoms with E-state index in [2.05, 4.69) is 25.7 Å². The number of amides is 1. The zero-order valence-corrected chi connectivity index (χ0v) is 12.4. The van der Waals surface area contributed by atoms with E-state index in [1.165, 1.54) is 0 Å². The number of rotatable bonds is 3. The van der Waals surface area contributed by atoms with Crippen LogP contribution in [0.3, 0.4) is 0 Å². The third kappa shape index (κ3) is 3.40. The molecule has 20 heavy (non-hydrogen) atoms. The fraction of sp³-hybridized carbons (Fsp3) is 0.471. The molecule has 0 radical (unpaired) electrons. The first-order valence-electron chi connectivity index (χ1n) is 6.97. The van der Waals surface area contributed by atoms with Crippen LogP contribution >= 0.6 is 0 Å². The lowest BCUT2D eigenvalue weighted by Crippen LogP contribution is -2.28. The highest BCUT2D eigenvalue weighted by Crippen LogP contribution is 2.52. The van der Waals surface area contributed by atoms with E-state index in [-0.39, 0.29) is 17.2 Å². The molecule has 1 fully saturated rings. The van der Waals surface area contributed by atoms with Gasteiger partial charge in [0.15, 0.2) is 0 Å². The van der Waals surface area contributed by atoms with Crippen LogP contribution in [0.4, 0.5) is 0 Å². The van der Waals surface area contributed by atoms with E-state index < -0.39 is 0 Å². The summed E-state index contributed by atoms with van der Waals surface area (Å²) in [5, 5.41) is 0. The first-order chi connectivity index (χ1) is 9.44. The van der Waals surface area contributed by atoms with E-state index >= 15 is 0 Å². The first-order valence-corrected chi connectivity index (χ1v) is 6.97. The summed E-state index contributed by atoms with van der Waals surface area (Å²) < 4.78 is 0. The Balaban J connectivity index is 2.01. The molecule has 0 heterocycles. The Hall–Kier alpha value is -1.79. The summed E-state index contributed by atoms with van der Waals surface area (Å²) in [5.74, 6) is 6.29. The summed E-state index contributed by atoms with van der Waals surface area (Å²) in [6.07, 6.45) is 0.998. The predicted octanol–water partition coefficient (Wildman–Crippen LogP) is 2.00. The van der Waals surface area contributed by atoms with E-state index in [0.717, 1.165) is 17.5 Å². The van der Waals surface area contributed by atoms with Crippen molar-refractivity contribution in [3.05, 3.63) is 35.4 Å². The van der Waals surface area contributed by atoms with E-state index in [9.17, 15) is 4.79 Å². The van der Waals surface area contributed by atoms with Crippen LogP contribution in [0.25, 0.3) is 0 Å². The normalized spacial score (nSPS) is 18.9. The number of carbonyl (C=O) groups is 1. The second-order valence-corrected chi connectivity index (χ2v) is 6.15. The molecule has 2 N–H and O–H groups in total. The van der Waals surface area contributed by atoms with Gasteiger partial charge in [0.25, 0.3) is 0 Å². The summed E-state index contributed by atoms with van der Waals surface area (Å²) in [7, 11) is 1.87. The number of benzene rings is 1. The fourth-order valence-corrected chi connectivity index (χ4v) is 2.41. The maximum atomic E-state index is 12.3. The zero-order valence-electron chi connectivity index (χ0n) is 12.4. The Labute approximate surface area is 121 Å². The smallest absolute Gasteiger partial charge is 0.226 e. The molecule has 3 heteroatoms. The molecule has 106 valence electrons. The average Bonchev–Trinajstić information content (AvgIpc) is 3.05. The third-order valence-electron chi connectivity index (χ3n) is 3.87. The summed E-state index contributed by atoms with van der Waals surface area (Å²) in [5.41, 5.74) is 7.60. The minimum Gasteiger partial charge on any atom is -0.341 e. The molecular formula is C17H22N2O. The maximum Gasteiger partial charge on any atom is 0.226 e. The lowest BCUT2D eigenvalue weighted by molar-refractivity contribution is -0.132. The molecule has 1 amide bonds. The summed E-state index contributed by atoms with van der Waals surface area (Å²) >= 11 is 0. The molecule has 3 nitrogen and oxygen atoms in total. The molecule has 0 bridgehead atoms. The monoisotopic (exact) mass is 270 g/mol. The van der Waals surface area contributed by atoms with Crippen molar-refractivity contribution in [2.45, 2.75) is 26.8 Å². The van der Waals surface area contributed by atoms with E-state index in [0.29, 0.717) is 13.1 Å². The van der Waals surface area contributed by atoms with Crippen LogP contribution in [-0.4, -0.2) is 24.4 Å². The van der Waals surface area contributed by atoms with Gasteiger partial charge in [0.1, 0.15) is 0 Å². The first kappa shape index (κ1) is 14.6. The van der Waals surface area contributed by atoms with Gasteiger partial charge in [-0.15, -0.1) is 0 Å². The number of carbonyl (C=O) groups excluding carboxylic acids is 1. The Morgan fingerprint density at radius 2 is 2.20 bits per heavy atom. The van der Waals surface area contributed by atoms with E-state index in [4.69, 9.17) is 5.73 Å². The highest BCUT2D eigenvalue weighted by molar-refractivity contribution is 5.82. The van der Waals surface area contributed by atoms with Crippen LogP contribution in [0.5, 0.6) is 0 Å². The van der Waals surface area contributed by atoms with Crippen LogP contribution in [0.15, 0.2) is 24.3 Å². The summed E-state index contributed by atoms with van der Waals surface area (Å²) in [6, 6.07) is 7.97. The number of nitrogens with zero attached hydrogens (tertiary/aromatic N) is 1. The van der Waals surface area contributed by atoms with E-state index in [1.54, 1.807) is 0 Å². The van der Waals surface area contributed by atoms with E-state index in [1.807, 2.05) is 36.2 Å². The van der Waals surface area contributed by atoms with Gasteiger partial charge in [-0.1, -0.05) is 37.8 Å². The van der Waals surface area contributed by atoms with Crippen molar-refractivity contribution >= 4 is 5.91 Å². The van der Waals surface area contributed by atoms with Crippen LogP contribution in [0, 0.1) is 23.2 Å². The maximum absolute atomic E-state index is 12.3. The standard InChI is InChI=1S/C17H22N2O/c1-17(2)11-15(17)16(20)19(3)12-14-7-4-6-13(10-14)8-5-9-18/h4,6-7,10,15H,9,11-12,18H2,1-3H3. The second kappa shape index (κ2) is 5.68. The Morgan fingerprint density at radius 1 is 1.50 bits per heavy atom. The van der Waals surface area contributed by atoms with Crippen molar-refractivity contribution in [2.24, 2.45) is 17.1 Å². The molecule has 0 aromatic heterocycles. The summed E-state index contributed by atoms with van der Waals surface area (Å²) in [4.78, 5) is 14.1. The van der Waals surface area contributed by atoms with Gasteiger partial charge in [-0.25, -0.2) is 0 Å². The van der Waals surface area contributed by atoms with Gasteiger partial charge in [0.2, 0.25) is 5.91 Å². The predicted molar refractivity (Wildman–Crippen MR) is 80.7 cm³/mol. The van der Waals surface area contributed by atoms with Gasteiger partial charge in [-0.3, -0.25) is 4.79 Å². The fourth-order valence-electron chi connectivity index (χ4n) is 2.41. The van der Waals surface area contributed by atoms with Gasteiger partial charge in [0.05, 0.1) is 6.54 Å². The third-order valence-corrected chi connectivity index (χ3v) is 3.87.